The summed E-state index contributed by atoms with van der Waals surface area (Å²) >= 11 is 0. The zero-order chi connectivity index (χ0) is 13.4. The van der Waals surface area contributed by atoms with E-state index in [9.17, 15) is 0 Å². The second kappa shape index (κ2) is 5.14. The number of nitrogens with zero attached hydrogens (tertiary/aromatic N) is 4. The lowest BCUT2D eigenvalue weighted by atomic mass is 10.1. The molecule has 4 bridgehead atoms. The van der Waals surface area contributed by atoms with Crippen molar-refractivity contribution in [2.45, 2.75) is 0 Å². The van der Waals surface area contributed by atoms with Gasteiger partial charge < -0.3 is 0 Å². The van der Waals surface area contributed by atoms with Crippen LogP contribution in [0.3, 0.4) is 0 Å². The summed E-state index contributed by atoms with van der Waals surface area (Å²) in [5.74, 6) is 0. The molecular weight excluding hydrogens is 248 g/mol. The standard InChI is InChI=1S/C10H8.C6H12N4/c1-2-6-10-8-4-3-7-9(10)5-1;1-7-2-9-4-8(1)5-10(3-7)6-9/h1-8H;1-6H2. The quantitative estimate of drug-likeness (QED) is 0.722. The highest BCUT2D eigenvalue weighted by atomic mass is 15.7. The van der Waals surface area contributed by atoms with E-state index in [2.05, 4.69) is 68.1 Å². The molecular formula is C16H20N4. The fraction of sp³-hybridized carbons (Fsp3) is 0.375. The third-order valence-corrected chi connectivity index (χ3v) is 4.06. The Morgan fingerprint density at radius 3 is 0.950 bits per heavy atom. The molecule has 4 fully saturated rings. The molecule has 20 heavy (non-hydrogen) atoms. The number of hydrogen-bond acceptors (Lipinski definition) is 4. The molecule has 4 aliphatic heterocycles. The fourth-order valence-electron chi connectivity index (χ4n) is 3.37. The van der Waals surface area contributed by atoms with Crippen molar-refractivity contribution >= 4 is 10.8 Å². The molecule has 0 amide bonds. The Morgan fingerprint density at radius 2 is 0.700 bits per heavy atom. The van der Waals surface area contributed by atoms with Crippen molar-refractivity contribution in [1.82, 2.24) is 19.6 Å². The Bertz CT molecular complexity index is 476. The summed E-state index contributed by atoms with van der Waals surface area (Å²) in [6, 6.07) is 16.7. The van der Waals surface area contributed by atoms with E-state index in [1.807, 2.05) is 0 Å². The van der Waals surface area contributed by atoms with Crippen LogP contribution in [0.15, 0.2) is 48.5 Å². The van der Waals surface area contributed by atoms with E-state index < -0.39 is 0 Å². The van der Waals surface area contributed by atoms with E-state index in [1.54, 1.807) is 0 Å². The molecule has 0 atom stereocenters. The summed E-state index contributed by atoms with van der Waals surface area (Å²) in [5, 5.41) is 2.62. The Hall–Kier alpha value is -1.46. The molecule has 0 aromatic heterocycles. The zero-order valence-electron chi connectivity index (χ0n) is 11.7. The van der Waals surface area contributed by atoms with Gasteiger partial charge in [-0.15, -0.1) is 0 Å². The predicted molar refractivity (Wildman–Crippen MR) is 80.5 cm³/mol. The first-order chi connectivity index (χ1) is 9.87. The van der Waals surface area contributed by atoms with Crippen LogP contribution in [0.25, 0.3) is 10.8 Å². The lowest BCUT2D eigenvalue weighted by Gasteiger charge is -2.56. The third kappa shape index (κ3) is 2.43. The van der Waals surface area contributed by atoms with E-state index in [0.29, 0.717) is 0 Å². The molecule has 104 valence electrons. The van der Waals surface area contributed by atoms with Gasteiger partial charge in [-0.1, -0.05) is 48.5 Å². The van der Waals surface area contributed by atoms with Gasteiger partial charge in [0.25, 0.3) is 0 Å². The van der Waals surface area contributed by atoms with Crippen LogP contribution in [0.1, 0.15) is 0 Å². The monoisotopic (exact) mass is 268 g/mol. The molecule has 4 heteroatoms. The molecule has 2 aromatic rings. The number of rotatable bonds is 0. The first kappa shape index (κ1) is 12.3. The van der Waals surface area contributed by atoms with Crippen LogP contribution < -0.4 is 0 Å². The van der Waals surface area contributed by atoms with Gasteiger partial charge in [0.2, 0.25) is 0 Å². The van der Waals surface area contributed by atoms with Gasteiger partial charge in [-0.05, 0) is 10.8 Å². The average molecular weight is 268 g/mol. The Balaban J connectivity index is 0.000000106. The Kier molecular flexibility index (Phi) is 3.16. The van der Waals surface area contributed by atoms with Gasteiger partial charge in [-0.2, -0.15) is 0 Å². The number of fused-ring (bicyclic) bond motifs is 1. The van der Waals surface area contributed by atoms with Gasteiger partial charge in [-0.25, -0.2) is 0 Å². The van der Waals surface area contributed by atoms with Gasteiger partial charge >= 0.3 is 0 Å². The van der Waals surface area contributed by atoms with E-state index in [4.69, 9.17) is 0 Å². The topological polar surface area (TPSA) is 13.0 Å². The third-order valence-electron chi connectivity index (χ3n) is 4.06. The SMILES string of the molecule is C1N2CN3CN1CN(C2)C3.c1ccc2ccccc2c1. The van der Waals surface area contributed by atoms with Crippen molar-refractivity contribution < 1.29 is 0 Å². The molecule has 0 unspecified atom stereocenters. The smallest absolute Gasteiger partial charge is 0.0555 e. The van der Waals surface area contributed by atoms with Crippen LogP contribution in [0.2, 0.25) is 0 Å². The van der Waals surface area contributed by atoms with Gasteiger partial charge in [0.1, 0.15) is 0 Å². The van der Waals surface area contributed by atoms with Crippen LogP contribution in [0.4, 0.5) is 0 Å². The highest BCUT2D eigenvalue weighted by Gasteiger charge is 2.36. The maximum atomic E-state index is 2.47. The van der Waals surface area contributed by atoms with Crippen LogP contribution >= 0.6 is 0 Å². The van der Waals surface area contributed by atoms with Crippen molar-refractivity contribution in [1.29, 1.82) is 0 Å². The summed E-state index contributed by atoms with van der Waals surface area (Å²) in [6.07, 6.45) is 0. The van der Waals surface area contributed by atoms with Crippen molar-refractivity contribution in [2.24, 2.45) is 0 Å². The molecule has 0 spiro atoms. The van der Waals surface area contributed by atoms with E-state index in [-0.39, 0.29) is 0 Å². The lowest BCUT2D eigenvalue weighted by Crippen LogP contribution is -2.71. The molecule has 0 saturated carbocycles. The maximum absolute atomic E-state index is 2.47. The van der Waals surface area contributed by atoms with Crippen LogP contribution in [-0.4, -0.2) is 59.6 Å². The number of benzene rings is 2. The van der Waals surface area contributed by atoms with Crippen molar-refractivity contribution in [3.05, 3.63) is 48.5 Å². The van der Waals surface area contributed by atoms with E-state index in [0.717, 1.165) is 0 Å². The van der Waals surface area contributed by atoms with E-state index in [1.165, 1.54) is 50.8 Å². The van der Waals surface area contributed by atoms with Crippen LogP contribution in [0, 0.1) is 0 Å². The summed E-state index contributed by atoms with van der Waals surface area (Å²) in [5.41, 5.74) is 0. The molecule has 4 aliphatic rings. The van der Waals surface area contributed by atoms with Crippen molar-refractivity contribution in [3.8, 4) is 0 Å². The fourth-order valence-corrected chi connectivity index (χ4v) is 3.37. The normalized spacial score (nSPS) is 33.8. The lowest BCUT2D eigenvalue weighted by molar-refractivity contribution is -0.194. The van der Waals surface area contributed by atoms with Gasteiger partial charge in [0.05, 0.1) is 40.0 Å². The maximum Gasteiger partial charge on any atom is 0.0555 e. The molecule has 2 aromatic carbocycles. The van der Waals surface area contributed by atoms with Crippen LogP contribution in [0.5, 0.6) is 0 Å². The minimum absolute atomic E-state index is 1.19. The van der Waals surface area contributed by atoms with E-state index >= 15 is 0 Å². The second-order valence-corrected chi connectivity index (χ2v) is 5.88. The highest BCUT2D eigenvalue weighted by Crippen LogP contribution is 2.20. The van der Waals surface area contributed by atoms with Gasteiger partial charge in [0, 0.05) is 0 Å². The molecule has 0 N–H and O–H groups in total. The summed E-state index contributed by atoms with van der Waals surface area (Å²) in [7, 11) is 0. The first-order valence-electron chi connectivity index (χ1n) is 7.20. The molecule has 0 radical (unpaired) electrons. The van der Waals surface area contributed by atoms with Crippen LogP contribution in [-0.2, 0) is 0 Å². The summed E-state index contributed by atoms with van der Waals surface area (Å²) < 4.78 is 0. The van der Waals surface area contributed by atoms with Gasteiger partial charge in [-0.3, -0.25) is 19.6 Å². The number of hydrogen-bond donors (Lipinski definition) is 0. The highest BCUT2D eigenvalue weighted by molar-refractivity contribution is 5.81. The molecule has 4 heterocycles. The Labute approximate surface area is 119 Å². The molecule has 6 rings (SSSR count). The summed E-state index contributed by atoms with van der Waals surface area (Å²) in [6.45, 7) is 7.12. The van der Waals surface area contributed by atoms with Gasteiger partial charge in [0.15, 0.2) is 0 Å². The minimum atomic E-state index is 1.19. The molecule has 4 nitrogen and oxygen atoms in total. The molecule has 0 aliphatic carbocycles. The summed E-state index contributed by atoms with van der Waals surface area (Å²) in [4.78, 5) is 9.88. The first-order valence-corrected chi connectivity index (χ1v) is 7.20. The average Bonchev–Trinajstić information content (AvgIpc) is 2.47. The Morgan fingerprint density at radius 1 is 0.450 bits per heavy atom. The van der Waals surface area contributed by atoms with Crippen molar-refractivity contribution in [3.63, 3.8) is 0 Å². The largest absolute Gasteiger partial charge is 0.264 e. The second-order valence-electron chi connectivity index (χ2n) is 5.88. The predicted octanol–water partition coefficient (Wildman–Crippen LogP) is 1.82. The van der Waals surface area contributed by atoms with Crippen molar-refractivity contribution in [2.75, 3.05) is 40.0 Å². The minimum Gasteiger partial charge on any atom is -0.264 e. The zero-order valence-corrected chi connectivity index (χ0v) is 11.7. The molecule has 4 saturated heterocycles.